The molecule has 0 saturated carbocycles. The van der Waals surface area contributed by atoms with Gasteiger partial charge in [-0.3, -0.25) is 0 Å². The van der Waals surface area contributed by atoms with Crippen molar-refractivity contribution in [2.75, 3.05) is 0 Å². The topological polar surface area (TPSA) is 72.2 Å². The fraction of sp³-hybridized carbons (Fsp3) is 0.909. The molecule has 0 amide bonds. The highest BCUT2D eigenvalue weighted by atomic mass is 32.2. The van der Waals surface area contributed by atoms with Gasteiger partial charge in [-0.15, -0.1) is 0 Å². The van der Waals surface area contributed by atoms with Crippen LogP contribution >= 0.6 is 12.2 Å². The van der Waals surface area contributed by atoms with Crippen LogP contribution in [0.1, 0.15) is 52.9 Å². The number of hydrogen-bond acceptors (Lipinski definition) is 3. The van der Waals surface area contributed by atoms with Crippen molar-refractivity contribution in [3.05, 3.63) is 0 Å². The van der Waals surface area contributed by atoms with Crippen molar-refractivity contribution in [1.29, 1.82) is 0 Å². The first-order valence-electron chi connectivity index (χ1n) is 6.15. The standard InChI is InChI=1S/C11H24N2O2S2/c1-4-6-7-8-9(3)13-17(14,15)10(5-2)11(12)16/h9-10,13H,4-8H2,1-3H3,(H2,12,16). The lowest BCUT2D eigenvalue weighted by atomic mass is 10.1. The SMILES string of the molecule is CCCCCC(C)NS(=O)(=O)C(CC)C(N)=S. The summed E-state index contributed by atoms with van der Waals surface area (Å²) in [7, 11) is -3.42. The number of rotatable bonds is 9. The molecular formula is C11H24N2O2S2. The van der Waals surface area contributed by atoms with E-state index in [1.54, 1.807) is 6.92 Å². The zero-order valence-corrected chi connectivity index (χ0v) is 12.5. The van der Waals surface area contributed by atoms with Crippen molar-refractivity contribution < 1.29 is 8.42 Å². The Bertz CT molecular complexity index is 328. The van der Waals surface area contributed by atoms with E-state index in [1.165, 1.54) is 0 Å². The summed E-state index contributed by atoms with van der Waals surface area (Å²) in [4.78, 5) is 0.0424. The van der Waals surface area contributed by atoms with Crippen molar-refractivity contribution in [2.24, 2.45) is 5.73 Å². The van der Waals surface area contributed by atoms with Crippen molar-refractivity contribution in [3.63, 3.8) is 0 Å². The van der Waals surface area contributed by atoms with Crippen LogP contribution in [0.25, 0.3) is 0 Å². The molecule has 2 unspecified atom stereocenters. The molecule has 6 heteroatoms. The van der Waals surface area contributed by atoms with Gasteiger partial charge in [-0.1, -0.05) is 45.3 Å². The van der Waals surface area contributed by atoms with Gasteiger partial charge in [-0.2, -0.15) is 0 Å². The number of hydrogen-bond donors (Lipinski definition) is 2. The average molecular weight is 280 g/mol. The number of thiocarbonyl (C=S) groups is 1. The van der Waals surface area contributed by atoms with E-state index in [-0.39, 0.29) is 11.0 Å². The number of nitrogens with two attached hydrogens (primary N) is 1. The van der Waals surface area contributed by atoms with Crippen molar-refractivity contribution in [2.45, 2.75) is 64.2 Å². The van der Waals surface area contributed by atoms with Gasteiger partial charge in [0.25, 0.3) is 0 Å². The summed E-state index contributed by atoms with van der Waals surface area (Å²) in [5.41, 5.74) is 5.44. The third-order valence-corrected chi connectivity index (χ3v) is 5.17. The summed E-state index contributed by atoms with van der Waals surface area (Å²) < 4.78 is 26.6. The van der Waals surface area contributed by atoms with E-state index in [0.717, 1.165) is 25.7 Å². The number of unbranched alkanes of at least 4 members (excludes halogenated alkanes) is 2. The molecule has 0 aromatic heterocycles. The third-order valence-electron chi connectivity index (χ3n) is 2.67. The Labute approximate surface area is 110 Å². The molecule has 0 aliphatic rings. The second-order valence-corrected chi connectivity index (χ2v) is 6.73. The van der Waals surface area contributed by atoms with Gasteiger partial charge in [-0.25, -0.2) is 13.1 Å². The van der Waals surface area contributed by atoms with Gasteiger partial charge in [0, 0.05) is 6.04 Å². The molecule has 0 bridgehead atoms. The molecule has 0 aromatic rings. The average Bonchev–Trinajstić information content (AvgIpc) is 2.16. The Hall–Kier alpha value is -0.200. The molecule has 0 heterocycles. The summed E-state index contributed by atoms with van der Waals surface area (Å²) in [5, 5.41) is -0.758. The van der Waals surface area contributed by atoms with E-state index in [4.69, 9.17) is 18.0 Å². The van der Waals surface area contributed by atoms with Gasteiger partial charge in [0.05, 0.1) is 4.99 Å². The number of nitrogens with one attached hydrogen (secondary N) is 1. The molecule has 0 saturated heterocycles. The van der Waals surface area contributed by atoms with E-state index >= 15 is 0 Å². The van der Waals surface area contributed by atoms with Crippen LogP contribution in [-0.2, 0) is 10.0 Å². The van der Waals surface area contributed by atoms with E-state index in [0.29, 0.717) is 6.42 Å². The van der Waals surface area contributed by atoms with Crippen molar-refractivity contribution >= 4 is 27.2 Å². The molecule has 0 aromatic carbocycles. The Morgan fingerprint density at radius 2 is 1.94 bits per heavy atom. The van der Waals surface area contributed by atoms with Gasteiger partial charge < -0.3 is 5.73 Å². The first-order chi connectivity index (χ1) is 7.85. The van der Waals surface area contributed by atoms with E-state index in [1.807, 2.05) is 6.92 Å². The maximum absolute atomic E-state index is 12.0. The molecule has 4 nitrogen and oxygen atoms in total. The van der Waals surface area contributed by atoms with Gasteiger partial charge in [0.1, 0.15) is 5.25 Å². The van der Waals surface area contributed by atoms with Crippen LogP contribution in [0.15, 0.2) is 0 Å². The van der Waals surface area contributed by atoms with Gasteiger partial charge >= 0.3 is 0 Å². The smallest absolute Gasteiger partial charge is 0.221 e. The molecule has 0 aliphatic heterocycles. The predicted octanol–water partition coefficient (Wildman–Crippen LogP) is 1.94. The Kier molecular flexibility index (Phi) is 7.91. The maximum Gasteiger partial charge on any atom is 0.221 e. The molecule has 102 valence electrons. The Morgan fingerprint density at radius 3 is 2.35 bits per heavy atom. The molecule has 17 heavy (non-hydrogen) atoms. The molecule has 3 N–H and O–H groups in total. The minimum atomic E-state index is -3.42. The monoisotopic (exact) mass is 280 g/mol. The second-order valence-electron chi connectivity index (χ2n) is 4.36. The van der Waals surface area contributed by atoms with Gasteiger partial charge in [0.2, 0.25) is 10.0 Å². The minimum absolute atomic E-state index is 0.0424. The van der Waals surface area contributed by atoms with Crippen molar-refractivity contribution in [3.8, 4) is 0 Å². The van der Waals surface area contributed by atoms with Crippen LogP contribution in [-0.4, -0.2) is 24.7 Å². The Morgan fingerprint density at radius 1 is 1.35 bits per heavy atom. The van der Waals surface area contributed by atoms with Crippen LogP contribution in [0, 0.1) is 0 Å². The number of sulfonamides is 1. The predicted molar refractivity (Wildman–Crippen MR) is 76.5 cm³/mol. The van der Waals surface area contributed by atoms with Gasteiger partial charge in [-0.05, 0) is 19.8 Å². The lowest BCUT2D eigenvalue weighted by Crippen LogP contribution is -2.44. The molecule has 0 spiro atoms. The van der Waals surface area contributed by atoms with Crippen LogP contribution in [0.2, 0.25) is 0 Å². The highest BCUT2D eigenvalue weighted by Crippen LogP contribution is 2.09. The quantitative estimate of drug-likeness (QED) is 0.500. The summed E-state index contributed by atoms with van der Waals surface area (Å²) in [5.74, 6) is 0. The highest BCUT2D eigenvalue weighted by molar-refractivity contribution is 7.93. The zero-order valence-electron chi connectivity index (χ0n) is 10.9. The Balaban J connectivity index is 4.38. The molecule has 0 fully saturated rings. The zero-order chi connectivity index (χ0) is 13.5. The summed E-state index contributed by atoms with van der Waals surface area (Å²) in [6, 6.07) is -0.0602. The largest absolute Gasteiger partial charge is 0.392 e. The molecular weight excluding hydrogens is 256 g/mol. The summed E-state index contributed by atoms with van der Waals surface area (Å²) >= 11 is 4.78. The van der Waals surface area contributed by atoms with Crippen LogP contribution < -0.4 is 10.5 Å². The first-order valence-corrected chi connectivity index (χ1v) is 8.11. The van der Waals surface area contributed by atoms with E-state index < -0.39 is 15.3 Å². The fourth-order valence-corrected chi connectivity index (χ4v) is 3.83. The minimum Gasteiger partial charge on any atom is -0.392 e. The first kappa shape index (κ1) is 16.8. The van der Waals surface area contributed by atoms with Crippen LogP contribution in [0.4, 0.5) is 0 Å². The normalized spacial score (nSPS) is 15.5. The van der Waals surface area contributed by atoms with Gasteiger partial charge in [0.15, 0.2) is 0 Å². The van der Waals surface area contributed by atoms with E-state index in [2.05, 4.69) is 11.6 Å². The summed E-state index contributed by atoms with van der Waals surface area (Å²) in [6.07, 6.45) is 4.54. The lowest BCUT2D eigenvalue weighted by molar-refractivity contribution is 0.523. The fourth-order valence-electron chi connectivity index (χ4n) is 1.70. The lowest BCUT2D eigenvalue weighted by Gasteiger charge is -2.19. The van der Waals surface area contributed by atoms with Crippen molar-refractivity contribution in [1.82, 2.24) is 4.72 Å². The molecule has 0 radical (unpaired) electrons. The highest BCUT2D eigenvalue weighted by Gasteiger charge is 2.27. The second kappa shape index (κ2) is 8.00. The summed E-state index contributed by atoms with van der Waals surface area (Å²) in [6.45, 7) is 5.76. The van der Waals surface area contributed by atoms with E-state index in [9.17, 15) is 8.42 Å². The molecule has 2 atom stereocenters. The van der Waals surface area contributed by atoms with Crippen LogP contribution in [0.3, 0.4) is 0 Å². The molecule has 0 aliphatic carbocycles. The third kappa shape index (κ3) is 6.33. The maximum atomic E-state index is 12.0. The van der Waals surface area contributed by atoms with Crippen LogP contribution in [0.5, 0.6) is 0 Å². The molecule has 0 rings (SSSR count).